The Labute approximate surface area is 106 Å². The summed E-state index contributed by atoms with van der Waals surface area (Å²) < 4.78 is 1.14. The molecule has 2 rings (SSSR count). The molecule has 1 aromatic carbocycles. The van der Waals surface area contributed by atoms with Crippen molar-refractivity contribution in [3.63, 3.8) is 0 Å². The molecule has 0 spiro atoms. The van der Waals surface area contributed by atoms with Crippen molar-refractivity contribution in [2.75, 3.05) is 5.73 Å². The van der Waals surface area contributed by atoms with E-state index in [9.17, 15) is 0 Å². The maximum absolute atomic E-state index is 6.14. The fourth-order valence-electron chi connectivity index (χ4n) is 1.32. The second-order valence-electron chi connectivity index (χ2n) is 3.31. The zero-order valence-electron chi connectivity index (χ0n) is 8.05. The van der Waals surface area contributed by atoms with E-state index >= 15 is 0 Å². The van der Waals surface area contributed by atoms with E-state index in [1.54, 1.807) is 17.4 Å². The highest BCUT2D eigenvalue weighted by molar-refractivity contribution is 9.11. The van der Waals surface area contributed by atoms with Gasteiger partial charge in [-0.1, -0.05) is 17.7 Å². The largest absolute Gasteiger partial charge is 0.399 e. The molecule has 0 saturated carbocycles. The van der Waals surface area contributed by atoms with E-state index in [0.29, 0.717) is 10.7 Å². The van der Waals surface area contributed by atoms with Crippen molar-refractivity contribution in [2.24, 2.45) is 0 Å². The first-order chi connectivity index (χ1) is 7.08. The third kappa shape index (κ3) is 2.19. The predicted octanol–water partition coefficient (Wildman–Crippen LogP) is 4.72. The van der Waals surface area contributed by atoms with Gasteiger partial charge in [0.1, 0.15) is 0 Å². The Morgan fingerprint density at radius 1 is 1.33 bits per heavy atom. The highest BCUT2D eigenvalue weighted by atomic mass is 79.9. The van der Waals surface area contributed by atoms with Crippen molar-refractivity contribution in [3.8, 4) is 10.4 Å². The average Bonchev–Trinajstić information content (AvgIpc) is 2.46. The van der Waals surface area contributed by atoms with Crippen LogP contribution in [0.25, 0.3) is 10.4 Å². The number of thiophene rings is 1. The molecule has 15 heavy (non-hydrogen) atoms. The van der Waals surface area contributed by atoms with Crippen LogP contribution in [0.15, 0.2) is 28.1 Å². The molecule has 0 unspecified atom stereocenters. The van der Waals surface area contributed by atoms with Gasteiger partial charge in [0, 0.05) is 16.1 Å². The molecular formula is C11H9BrClNS. The number of anilines is 1. The molecule has 0 aliphatic rings. The van der Waals surface area contributed by atoms with E-state index in [0.717, 1.165) is 14.2 Å². The molecule has 1 nitrogen and oxygen atoms in total. The van der Waals surface area contributed by atoms with Gasteiger partial charge in [-0.05, 0) is 46.6 Å². The fraction of sp³-hybridized carbons (Fsp3) is 0.0909. The molecule has 2 aromatic rings. The Bertz CT molecular complexity index is 488. The second-order valence-corrected chi connectivity index (χ2v) is 6.08. The highest BCUT2D eigenvalue weighted by Crippen LogP contribution is 2.38. The number of hydrogen-bond donors (Lipinski definition) is 1. The first-order valence-electron chi connectivity index (χ1n) is 4.39. The first-order valence-corrected chi connectivity index (χ1v) is 6.38. The SMILES string of the molecule is Cc1cc(-c2ccc(N)cc2Cl)sc1Br. The third-order valence-corrected chi connectivity index (χ3v) is 4.60. The minimum atomic E-state index is 0.691. The molecular weight excluding hydrogens is 294 g/mol. The van der Waals surface area contributed by atoms with Crippen molar-refractivity contribution in [3.05, 3.63) is 38.6 Å². The van der Waals surface area contributed by atoms with Crippen LogP contribution in [-0.2, 0) is 0 Å². The van der Waals surface area contributed by atoms with Crippen LogP contribution in [0, 0.1) is 6.92 Å². The van der Waals surface area contributed by atoms with Gasteiger partial charge in [-0.15, -0.1) is 11.3 Å². The maximum Gasteiger partial charge on any atom is 0.0734 e. The van der Waals surface area contributed by atoms with Gasteiger partial charge in [0.25, 0.3) is 0 Å². The lowest BCUT2D eigenvalue weighted by Gasteiger charge is -2.01. The van der Waals surface area contributed by atoms with Crippen LogP contribution in [-0.4, -0.2) is 0 Å². The van der Waals surface area contributed by atoms with Crippen molar-refractivity contribution in [1.82, 2.24) is 0 Å². The molecule has 0 atom stereocenters. The van der Waals surface area contributed by atoms with Gasteiger partial charge >= 0.3 is 0 Å². The number of rotatable bonds is 1. The number of hydrogen-bond acceptors (Lipinski definition) is 2. The van der Waals surface area contributed by atoms with Crippen LogP contribution in [0.4, 0.5) is 5.69 Å². The summed E-state index contributed by atoms with van der Waals surface area (Å²) in [5.41, 5.74) is 8.60. The Morgan fingerprint density at radius 2 is 2.07 bits per heavy atom. The van der Waals surface area contributed by atoms with Gasteiger partial charge < -0.3 is 5.73 Å². The summed E-state index contributed by atoms with van der Waals surface area (Å²) in [6, 6.07) is 7.71. The monoisotopic (exact) mass is 301 g/mol. The summed E-state index contributed by atoms with van der Waals surface area (Å²) in [5.74, 6) is 0. The van der Waals surface area contributed by atoms with E-state index in [4.69, 9.17) is 17.3 Å². The van der Waals surface area contributed by atoms with E-state index < -0.39 is 0 Å². The van der Waals surface area contributed by atoms with Crippen molar-refractivity contribution in [1.29, 1.82) is 0 Å². The molecule has 4 heteroatoms. The summed E-state index contributed by atoms with van der Waals surface area (Å²) in [5, 5.41) is 0.698. The van der Waals surface area contributed by atoms with Crippen molar-refractivity contribution in [2.45, 2.75) is 6.92 Å². The zero-order valence-corrected chi connectivity index (χ0v) is 11.2. The molecule has 0 bridgehead atoms. The number of nitrogen functional groups attached to an aromatic ring is 1. The molecule has 2 N–H and O–H groups in total. The van der Waals surface area contributed by atoms with E-state index in [2.05, 4.69) is 28.9 Å². The molecule has 0 radical (unpaired) electrons. The molecule has 0 amide bonds. The summed E-state index contributed by atoms with van der Waals surface area (Å²) in [6.45, 7) is 2.06. The summed E-state index contributed by atoms with van der Waals surface area (Å²) in [7, 11) is 0. The van der Waals surface area contributed by atoms with Crippen LogP contribution >= 0.6 is 38.9 Å². The molecule has 1 heterocycles. The smallest absolute Gasteiger partial charge is 0.0734 e. The number of nitrogens with two attached hydrogens (primary N) is 1. The van der Waals surface area contributed by atoms with Crippen molar-refractivity contribution < 1.29 is 0 Å². The van der Waals surface area contributed by atoms with Gasteiger partial charge in [-0.25, -0.2) is 0 Å². The molecule has 1 aromatic heterocycles. The van der Waals surface area contributed by atoms with Crippen LogP contribution in [0.5, 0.6) is 0 Å². The topological polar surface area (TPSA) is 26.0 Å². The number of benzene rings is 1. The fourth-order valence-corrected chi connectivity index (χ4v) is 3.24. The summed E-state index contributed by atoms with van der Waals surface area (Å²) >= 11 is 11.3. The Kier molecular flexibility index (Phi) is 3.05. The van der Waals surface area contributed by atoms with Gasteiger partial charge in [-0.3, -0.25) is 0 Å². The first kappa shape index (κ1) is 11.0. The van der Waals surface area contributed by atoms with Gasteiger partial charge in [0.2, 0.25) is 0 Å². The van der Waals surface area contributed by atoms with Gasteiger partial charge in [-0.2, -0.15) is 0 Å². The molecule has 0 aliphatic heterocycles. The molecule has 0 fully saturated rings. The van der Waals surface area contributed by atoms with E-state index in [1.807, 2.05) is 12.1 Å². The standard InChI is InChI=1S/C11H9BrClNS/c1-6-4-10(15-11(6)12)8-3-2-7(14)5-9(8)13/h2-5H,14H2,1H3. The minimum absolute atomic E-state index is 0.691. The molecule has 0 saturated heterocycles. The lowest BCUT2D eigenvalue weighted by atomic mass is 10.1. The highest BCUT2D eigenvalue weighted by Gasteiger charge is 2.08. The zero-order chi connectivity index (χ0) is 11.0. The van der Waals surface area contributed by atoms with Crippen molar-refractivity contribution >= 4 is 44.6 Å². The van der Waals surface area contributed by atoms with Gasteiger partial charge in [0.15, 0.2) is 0 Å². The number of aryl methyl sites for hydroxylation is 1. The number of halogens is 2. The van der Waals surface area contributed by atoms with Gasteiger partial charge in [0.05, 0.1) is 8.81 Å². The summed E-state index contributed by atoms with van der Waals surface area (Å²) in [4.78, 5) is 1.16. The Hall–Kier alpha value is -0.510. The molecule has 78 valence electrons. The lowest BCUT2D eigenvalue weighted by Crippen LogP contribution is -1.84. The molecule has 0 aliphatic carbocycles. The normalized spacial score (nSPS) is 10.6. The quantitative estimate of drug-likeness (QED) is 0.758. The average molecular weight is 303 g/mol. The van der Waals surface area contributed by atoms with Crippen LogP contribution in [0.1, 0.15) is 5.56 Å². The van der Waals surface area contributed by atoms with Crippen LogP contribution in [0.3, 0.4) is 0 Å². The lowest BCUT2D eigenvalue weighted by molar-refractivity contribution is 1.52. The third-order valence-electron chi connectivity index (χ3n) is 2.12. The Morgan fingerprint density at radius 3 is 2.60 bits per heavy atom. The second kappa shape index (κ2) is 4.16. The van der Waals surface area contributed by atoms with Crippen LogP contribution < -0.4 is 5.73 Å². The van der Waals surface area contributed by atoms with Crippen LogP contribution in [0.2, 0.25) is 5.02 Å². The van der Waals surface area contributed by atoms with E-state index in [1.165, 1.54) is 5.56 Å². The maximum atomic E-state index is 6.14. The minimum Gasteiger partial charge on any atom is -0.399 e. The Balaban J connectivity index is 2.54. The predicted molar refractivity (Wildman–Crippen MR) is 71.6 cm³/mol. The summed E-state index contributed by atoms with van der Waals surface area (Å²) in [6.07, 6.45) is 0. The van der Waals surface area contributed by atoms with E-state index in [-0.39, 0.29) is 0 Å².